The van der Waals surface area contributed by atoms with Gasteiger partial charge < -0.3 is 10.4 Å². The highest BCUT2D eigenvalue weighted by molar-refractivity contribution is 6.30. The normalized spacial score (nSPS) is 11.2. The van der Waals surface area contributed by atoms with Gasteiger partial charge in [0, 0.05) is 29.2 Å². The van der Waals surface area contributed by atoms with Crippen molar-refractivity contribution in [1.29, 1.82) is 0 Å². The van der Waals surface area contributed by atoms with Crippen molar-refractivity contribution in [3.63, 3.8) is 0 Å². The molecule has 4 heteroatoms. The van der Waals surface area contributed by atoms with Crippen LogP contribution < -0.4 is 5.32 Å². The van der Waals surface area contributed by atoms with Gasteiger partial charge in [0.2, 0.25) is 0 Å². The van der Waals surface area contributed by atoms with Gasteiger partial charge in [-0.25, -0.2) is 0 Å². The van der Waals surface area contributed by atoms with E-state index < -0.39 is 0 Å². The fourth-order valence-electron chi connectivity index (χ4n) is 1.11. The van der Waals surface area contributed by atoms with E-state index >= 15 is 0 Å². The number of carbonyl (C=O) groups excluding carboxylic acids is 1. The number of nitrogens with one attached hydrogen (secondary N) is 1. The molecule has 0 aliphatic rings. The van der Waals surface area contributed by atoms with Crippen LogP contribution in [-0.2, 0) is 0 Å². The van der Waals surface area contributed by atoms with Crippen LogP contribution in [0.25, 0.3) is 0 Å². The molecule has 88 valence electrons. The van der Waals surface area contributed by atoms with Crippen molar-refractivity contribution >= 4 is 17.5 Å². The van der Waals surface area contributed by atoms with Gasteiger partial charge in [-0.3, -0.25) is 4.79 Å². The predicted molar refractivity (Wildman–Crippen MR) is 64.7 cm³/mol. The maximum Gasteiger partial charge on any atom is 0.251 e. The molecule has 0 atom stereocenters. The lowest BCUT2D eigenvalue weighted by Crippen LogP contribution is -2.36. The van der Waals surface area contributed by atoms with Gasteiger partial charge in [0.15, 0.2) is 0 Å². The van der Waals surface area contributed by atoms with E-state index in [1.807, 2.05) is 13.8 Å². The predicted octanol–water partition coefficient (Wildman–Crippen LogP) is 2.09. The third-order valence-electron chi connectivity index (χ3n) is 2.24. The summed E-state index contributed by atoms with van der Waals surface area (Å²) in [7, 11) is 0. The van der Waals surface area contributed by atoms with Crippen LogP contribution in [0.4, 0.5) is 0 Å². The van der Waals surface area contributed by atoms with Gasteiger partial charge in [0.1, 0.15) is 0 Å². The molecule has 1 amide bonds. The second-order valence-electron chi connectivity index (χ2n) is 4.52. The zero-order valence-corrected chi connectivity index (χ0v) is 10.2. The Balaban J connectivity index is 2.60. The minimum atomic E-state index is -0.311. The molecule has 0 fully saturated rings. The van der Waals surface area contributed by atoms with Gasteiger partial charge in [-0.05, 0) is 18.2 Å². The van der Waals surface area contributed by atoms with E-state index in [0.29, 0.717) is 17.1 Å². The van der Waals surface area contributed by atoms with Crippen molar-refractivity contribution in [3.05, 3.63) is 34.9 Å². The Labute approximate surface area is 100 Å². The summed E-state index contributed by atoms with van der Waals surface area (Å²) in [4.78, 5) is 11.7. The largest absolute Gasteiger partial charge is 0.396 e. The van der Waals surface area contributed by atoms with Crippen LogP contribution in [0.15, 0.2) is 24.3 Å². The Bertz CT molecular complexity index is 377. The summed E-state index contributed by atoms with van der Waals surface area (Å²) < 4.78 is 0. The molecule has 1 rings (SSSR count). The molecule has 0 aliphatic heterocycles. The average molecular weight is 242 g/mol. The lowest BCUT2D eigenvalue weighted by Gasteiger charge is -2.21. The monoisotopic (exact) mass is 241 g/mol. The molecular weight excluding hydrogens is 226 g/mol. The molecule has 0 heterocycles. The minimum absolute atomic E-state index is 0.0306. The Kier molecular flexibility index (Phi) is 4.33. The lowest BCUT2D eigenvalue weighted by molar-refractivity contribution is 0.0911. The average Bonchev–Trinajstić information content (AvgIpc) is 2.26. The molecule has 0 saturated carbocycles. The smallest absolute Gasteiger partial charge is 0.251 e. The first-order valence-electron chi connectivity index (χ1n) is 5.09. The topological polar surface area (TPSA) is 49.3 Å². The van der Waals surface area contributed by atoms with Crippen LogP contribution in [0.2, 0.25) is 5.02 Å². The van der Waals surface area contributed by atoms with Gasteiger partial charge in [-0.2, -0.15) is 0 Å². The van der Waals surface area contributed by atoms with Crippen molar-refractivity contribution in [1.82, 2.24) is 5.32 Å². The first-order valence-corrected chi connectivity index (χ1v) is 5.47. The SMILES string of the molecule is CC(C)(CO)CNC(=O)c1cccc(Cl)c1. The number of rotatable bonds is 4. The van der Waals surface area contributed by atoms with Crippen molar-refractivity contribution in [2.24, 2.45) is 5.41 Å². The zero-order chi connectivity index (χ0) is 12.2. The Morgan fingerprint density at radius 2 is 2.19 bits per heavy atom. The van der Waals surface area contributed by atoms with Crippen LogP contribution in [0.5, 0.6) is 0 Å². The molecule has 0 aliphatic carbocycles. The second-order valence-corrected chi connectivity index (χ2v) is 4.95. The highest BCUT2D eigenvalue weighted by Gasteiger charge is 2.17. The van der Waals surface area contributed by atoms with E-state index in [2.05, 4.69) is 5.32 Å². The lowest BCUT2D eigenvalue weighted by atomic mass is 9.95. The molecule has 2 N–H and O–H groups in total. The van der Waals surface area contributed by atoms with Crippen LogP contribution in [-0.4, -0.2) is 24.2 Å². The van der Waals surface area contributed by atoms with Crippen LogP contribution in [0, 0.1) is 5.41 Å². The van der Waals surface area contributed by atoms with E-state index in [0.717, 1.165) is 0 Å². The number of aliphatic hydroxyl groups excluding tert-OH is 1. The highest BCUT2D eigenvalue weighted by Crippen LogP contribution is 2.13. The molecule has 0 spiro atoms. The number of aliphatic hydroxyl groups is 1. The quantitative estimate of drug-likeness (QED) is 0.848. The van der Waals surface area contributed by atoms with Gasteiger partial charge in [-0.1, -0.05) is 31.5 Å². The maximum atomic E-state index is 11.7. The molecule has 16 heavy (non-hydrogen) atoms. The number of halogens is 1. The number of carbonyl (C=O) groups is 1. The summed E-state index contributed by atoms with van der Waals surface area (Å²) in [5.74, 6) is -0.177. The van der Waals surface area contributed by atoms with Crippen molar-refractivity contribution in [2.75, 3.05) is 13.2 Å². The summed E-state index contributed by atoms with van der Waals surface area (Å²) in [5, 5.41) is 12.3. The molecule has 0 radical (unpaired) electrons. The summed E-state index contributed by atoms with van der Waals surface area (Å²) in [5.41, 5.74) is 0.218. The fourth-order valence-corrected chi connectivity index (χ4v) is 1.30. The van der Waals surface area contributed by atoms with E-state index in [1.165, 1.54) is 0 Å². The summed E-state index contributed by atoms with van der Waals surface area (Å²) in [6.45, 7) is 4.22. The summed E-state index contributed by atoms with van der Waals surface area (Å²) >= 11 is 5.79. The van der Waals surface area contributed by atoms with Gasteiger partial charge in [0.25, 0.3) is 5.91 Å². The van der Waals surface area contributed by atoms with E-state index in [-0.39, 0.29) is 17.9 Å². The molecule has 0 aromatic heterocycles. The molecule has 1 aromatic carbocycles. The second kappa shape index (κ2) is 5.32. The Morgan fingerprint density at radius 1 is 1.50 bits per heavy atom. The Hall–Kier alpha value is -1.06. The minimum Gasteiger partial charge on any atom is -0.396 e. The van der Waals surface area contributed by atoms with Gasteiger partial charge in [-0.15, -0.1) is 0 Å². The molecule has 0 saturated heterocycles. The standard InChI is InChI=1S/C12H16ClNO2/c1-12(2,8-15)7-14-11(16)9-4-3-5-10(13)6-9/h3-6,15H,7-8H2,1-2H3,(H,14,16). The first-order chi connectivity index (χ1) is 7.44. The van der Waals surface area contributed by atoms with Gasteiger partial charge in [0.05, 0.1) is 0 Å². The van der Waals surface area contributed by atoms with Crippen molar-refractivity contribution < 1.29 is 9.90 Å². The number of benzene rings is 1. The zero-order valence-electron chi connectivity index (χ0n) is 9.46. The third-order valence-corrected chi connectivity index (χ3v) is 2.48. The maximum absolute atomic E-state index is 11.7. The van der Waals surface area contributed by atoms with E-state index in [9.17, 15) is 4.79 Å². The van der Waals surface area contributed by atoms with Crippen LogP contribution in [0.3, 0.4) is 0 Å². The molecule has 3 nitrogen and oxygen atoms in total. The van der Waals surface area contributed by atoms with E-state index in [4.69, 9.17) is 16.7 Å². The summed E-state index contributed by atoms with van der Waals surface area (Å²) in [6.07, 6.45) is 0. The molecular formula is C12H16ClNO2. The van der Waals surface area contributed by atoms with Crippen LogP contribution >= 0.6 is 11.6 Å². The van der Waals surface area contributed by atoms with Crippen LogP contribution in [0.1, 0.15) is 24.2 Å². The fraction of sp³-hybridized carbons (Fsp3) is 0.417. The Morgan fingerprint density at radius 3 is 2.75 bits per heavy atom. The third kappa shape index (κ3) is 3.83. The van der Waals surface area contributed by atoms with Crippen molar-refractivity contribution in [2.45, 2.75) is 13.8 Å². The molecule has 1 aromatic rings. The molecule has 0 bridgehead atoms. The number of hydrogen-bond acceptors (Lipinski definition) is 2. The molecule has 0 unspecified atom stereocenters. The van der Waals surface area contributed by atoms with Crippen molar-refractivity contribution in [3.8, 4) is 0 Å². The number of hydrogen-bond donors (Lipinski definition) is 2. The van der Waals surface area contributed by atoms with E-state index in [1.54, 1.807) is 24.3 Å². The first kappa shape index (κ1) is 13.0. The number of amides is 1. The highest BCUT2D eigenvalue weighted by atomic mass is 35.5. The summed E-state index contributed by atoms with van der Waals surface area (Å²) in [6, 6.07) is 6.76. The van der Waals surface area contributed by atoms with Gasteiger partial charge >= 0.3 is 0 Å².